The van der Waals surface area contributed by atoms with Gasteiger partial charge in [0, 0.05) is 12.6 Å². The van der Waals surface area contributed by atoms with Crippen molar-refractivity contribution in [1.82, 2.24) is 24.4 Å². The van der Waals surface area contributed by atoms with Crippen molar-refractivity contribution in [3.05, 3.63) is 12.2 Å². The highest BCUT2D eigenvalue weighted by Crippen LogP contribution is 2.29. The van der Waals surface area contributed by atoms with Crippen LogP contribution in [0.5, 0.6) is 5.88 Å². The molecule has 21 heavy (non-hydrogen) atoms. The number of ether oxygens (including phenoxy) is 1. The molecule has 3 rings (SSSR count). The summed E-state index contributed by atoms with van der Waals surface area (Å²) in [5, 5.41) is -0.185. The van der Waals surface area contributed by atoms with Gasteiger partial charge in [0.1, 0.15) is 12.2 Å². The minimum absolute atomic E-state index is 0.185. The highest BCUT2D eigenvalue weighted by Gasteiger charge is 2.26. The van der Waals surface area contributed by atoms with Crippen molar-refractivity contribution in [2.75, 3.05) is 20.7 Å². The number of nitrogens with zero attached hydrogens (tertiary/aromatic N) is 5. The zero-order chi connectivity index (χ0) is 15.0. The number of aromatic nitrogens is 4. The van der Waals surface area contributed by atoms with Crippen molar-refractivity contribution >= 4 is 22.8 Å². The lowest BCUT2D eigenvalue weighted by Crippen LogP contribution is -2.30. The average Bonchev–Trinajstić information content (AvgIpc) is 3.04. The summed E-state index contributed by atoms with van der Waals surface area (Å²) in [6.45, 7) is 3.92. The van der Waals surface area contributed by atoms with Gasteiger partial charge in [-0.05, 0) is 33.4 Å². The van der Waals surface area contributed by atoms with Gasteiger partial charge in [-0.25, -0.2) is 9.97 Å². The molecule has 0 bridgehead atoms. The second-order valence-corrected chi connectivity index (χ2v) is 6.18. The molecule has 0 aliphatic carbocycles. The maximum atomic E-state index is 6.31. The molecule has 1 fully saturated rings. The molecule has 6 nitrogen and oxygen atoms in total. The first-order chi connectivity index (χ1) is 10.1. The zero-order valence-electron chi connectivity index (χ0n) is 12.6. The van der Waals surface area contributed by atoms with Crippen LogP contribution >= 0.6 is 11.6 Å². The van der Waals surface area contributed by atoms with Crippen LogP contribution in [-0.2, 0) is 6.54 Å². The van der Waals surface area contributed by atoms with Gasteiger partial charge in [-0.15, -0.1) is 11.6 Å². The second-order valence-electron chi connectivity index (χ2n) is 5.53. The summed E-state index contributed by atoms with van der Waals surface area (Å²) in [6, 6.07) is 0.498. The third-order valence-corrected chi connectivity index (χ3v) is 4.34. The van der Waals surface area contributed by atoms with Crippen molar-refractivity contribution in [3.8, 4) is 5.88 Å². The van der Waals surface area contributed by atoms with Gasteiger partial charge in [0.15, 0.2) is 11.2 Å². The third-order valence-electron chi connectivity index (χ3n) is 4.14. The van der Waals surface area contributed by atoms with Crippen molar-refractivity contribution in [2.45, 2.75) is 37.7 Å². The lowest BCUT2D eigenvalue weighted by molar-refractivity contribution is 0.282. The lowest BCUT2D eigenvalue weighted by atomic mass is 10.2. The Bertz CT molecular complexity index is 642. The van der Waals surface area contributed by atoms with Gasteiger partial charge >= 0.3 is 0 Å². The number of alkyl halides is 1. The molecule has 0 amide bonds. The Labute approximate surface area is 129 Å². The molecule has 114 valence electrons. The Morgan fingerprint density at radius 2 is 2.29 bits per heavy atom. The molecular weight excluding hydrogens is 290 g/mol. The Morgan fingerprint density at radius 1 is 1.48 bits per heavy atom. The molecular formula is C14H20ClN5O. The minimum atomic E-state index is -0.185. The number of hydrogen-bond acceptors (Lipinski definition) is 5. The summed E-state index contributed by atoms with van der Waals surface area (Å²) < 4.78 is 7.40. The normalized spacial score (nSPS) is 21.0. The second kappa shape index (κ2) is 5.77. The van der Waals surface area contributed by atoms with E-state index in [4.69, 9.17) is 16.3 Å². The van der Waals surface area contributed by atoms with Gasteiger partial charge in [-0.1, -0.05) is 0 Å². The number of hydrogen-bond donors (Lipinski definition) is 0. The molecule has 0 radical (unpaired) electrons. The van der Waals surface area contributed by atoms with Crippen LogP contribution in [0.1, 0.15) is 31.0 Å². The van der Waals surface area contributed by atoms with Gasteiger partial charge in [-0.3, -0.25) is 0 Å². The van der Waals surface area contributed by atoms with E-state index >= 15 is 0 Å². The largest absolute Gasteiger partial charge is 0.479 e. The molecule has 0 N–H and O–H groups in total. The first-order valence-corrected chi connectivity index (χ1v) is 7.65. The molecule has 3 heterocycles. The number of halogens is 1. The van der Waals surface area contributed by atoms with Crippen molar-refractivity contribution in [3.63, 3.8) is 0 Å². The van der Waals surface area contributed by atoms with Crippen LogP contribution in [0.25, 0.3) is 11.2 Å². The first kappa shape index (κ1) is 14.5. The Morgan fingerprint density at radius 3 is 2.90 bits per heavy atom. The van der Waals surface area contributed by atoms with E-state index in [1.54, 1.807) is 7.11 Å². The summed E-state index contributed by atoms with van der Waals surface area (Å²) in [5.74, 6) is 1.32. The maximum Gasteiger partial charge on any atom is 0.245 e. The minimum Gasteiger partial charge on any atom is -0.479 e. The van der Waals surface area contributed by atoms with E-state index in [1.807, 2.05) is 6.92 Å². The number of likely N-dealkylation sites (N-methyl/N-ethyl adjacent to an activating group) is 1. The van der Waals surface area contributed by atoms with E-state index in [2.05, 4.69) is 31.5 Å². The molecule has 0 saturated carbocycles. The summed E-state index contributed by atoms with van der Waals surface area (Å²) >= 11 is 6.31. The standard InChI is InChI=1S/C14H20ClN5O/c1-9(15)12-18-11-13(16-8-17-14(11)21-3)20(12)7-10-5-4-6-19(10)2/h8-10H,4-7H2,1-3H3. The Hall–Kier alpha value is -1.40. The molecule has 2 atom stereocenters. The number of fused-ring (bicyclic) bond motifs is 1. The quantitative estimate of drug-likeness (QED) is 0.811. The van der Waals surface area contributed by atoms with E-state index in [1.165, 1.54) is 19.2 Å². The van der Waals surface area contributed by atoms with E-state index in [0.717, 1.165) is 24.6 Å². The molecule has 1 aliphatic rings. The number of likely N-dealkylation sites (tertiary alicyclic amines) is 1. The number of rotatable bonds is 4. The van der Waals surface area contributed by atoms with Crippen LogP contribution in [0.3, 0.4) is 0 Å². The van der Waals surface area contributed by atoms with E-state index in [9.17, 15) is 0 Å². The molecule has 2 aromatic rings. The zero-order valence-corrected chi connectivity index (χ0v) is 13.3. The Balaban J connectivity index is 2.08. The molecule has 1 aliphatic heterocycles. The van der Waals surface area contributed by atoms with Gasteiger partial charge in [-0.2, -0.15) is 4.98 Å². The van der Waals surface area contributed by atoms with E-state index in [-0.39, 0.29) is 5.38 Å². The molecule has 2 aromatic heterocycles. The van der Waals surface area contributed by atoms with Crippen molar-refractivity contribution in [1.29, 1.82) is 0 Å². The van der Waals surface area contributed by atoms with Gasteiger partial charge < -0.3 is 14.2 Å². The predicted octanol–water partition coefficient (Wildman–Crippen LogP) is 2.23. The van der Waals surface area contributed by atoms with Crippen LogP contribution < -0.4 is 4.74 Å². The fourth-order valence-corrected chi connectivity index (χ4v) is 3.15. The maximum absolute atomic E-state index is 6.31. The fourth-order valence-electron chi connectivity index (χ4n) is 2.99. The SMILES string of the molecule is COc1ncnc2c1nc(C(C)Cl)n2CC1CCCN1C. The van der Waals surface area contributed by atoms with Crippen LogP contribution in [0.2, 0.25) is 0 Å². The smallest absolute Gasteiger partial charge is 0.245 e. The average molecular weight is 310 g/mol. The number of methoxy groups -OCH3 is 1. The Kier molecular flexibility index (Phi) is 3.99. The summed E-state index contributed by atoms with van der Waals surface area (Å²) in [7, 11) is 3.76. The molecule has 0 spiro atoms. The highest BCUT2D eigenvalue weighted by molar-refractivity contribution is 6.20. The van der Waals surface area contributed by atoms with Crippen LogP contribution in [-0.4, -0.2) is 51.2 Å². The van der Waals surface area contributed by atoms with Crippen LogP contribution in [0, 0.1) is 0 Å². The summed E-state index contributed by atoms with van der Waals surface area (Å²) in [4.78, 5) is 15.5. The number of imidazole rings is 1. The summed E-state index contributed by atoms with van der Waals surface area (Å²) in [6.07, 6.45) is 3.94. The predicted molar refractivity (Wildman–Crippen MR) is 81.8 cm³/mol. The van der Waals surface area contributed by atoms with Gasteiger partial charge in [0.25, 0.3) is 0 Å². The van der Waals surface area contributed by atoms with Gasteiger partial charge in [0.2, 0.25) is 5.88 Å². The van der Waals surface area contributed by atoms with Crippen molar-refractivity contribution < 1.29 is 4.74 Å². The van der Waals surface area contributed by atoms with E-state index in [0.29, 0.717) is 17.4 Å². The first-order valence-electron chi connectivity index (χ1n) is 7.21. The molecule has 2 unspecified atom stereocenters. The lowest BCUT2D eigenvalue weighted by Gasteiger charge is -2.21. The van der Waals surface area contributed by atoms with E-state index < -0.39 is 0 Å². The van der Waals surface area contributed by atoms with Gasteiger partial charge in [0.05, 0.1) is 12.5 Å². The van der Waals surface area contributed by atoms with Crippen LogP contribution in [0.15, 0.2) is 6.33 Å². The van der Waals surface area contributed by atoms with Crippen molar-refractivity contribution in [2.24, 2.45) is 0 Å². The molecule has 1 saturated heterocycles. The molecule has 7 heteroatoms. The topological polar surface area (TPSA) is 56.1 Å². The fraction of sp³-hybridized carbons (Fsp3) is 0.643. The summed E-state index contributed by atoms with van der Waals surface area (Å²) in [5.41, 5.74) is 1.48. The van der Waals surface area contributed by atoms with Crippen LogP contribution in [0.4, 0.5) is 0 Å². The highest BCUT2D eigenvalue weighted by atomic mass is 35.5. The monoisotopic (exact) mass is 309 g/mol. The molecule has 0 aromatic carbocycles. The third kappa shape index (κ3) is 2.58.